The molecule has 3 rings (SSSR count). The van der Waals surface area contributed by atoms with E-state index < -0.39 is 0 Å². The van der Waals surface area contributed by atoms with E-state index in [0.29, 0.717) is 51.3 Å². The standard InChI is InChI=1S/C19H19ClN2O5S/c1-23-15-10-12(11-16(24-2)17(15)25-3)18-21-22-19(27-18)28-9-8-26-14-6-4-13(20)5-7-14/h4-7,10-11H,8-9H2,1-3H3. The van der Waals surface area contributed by atoms with Gasteiger partial charge in [-0.25, -0.2) is 0 Å². The van der Waals surface area contributed by atoms with Crippen LogP contribution in [0.25, 0.3) is 11.5 Å². The van der Waals surface area contributed by atoms with Crippen molar-refractivity contribution < 1.29 is 23.4 Å². The molecule has 0 saturated carbocycles. The summed E-state index contributed by atoms with van der Waals surface area (Å²) in [7, 11) is 4.65. The Bertz CT molecular complexity index is 892. The third-order valence-electron chi connectivity index (χ3n) is 3.71. The van der Waals surface area contributed by atoms with Gasteiger partial charge in [0.15, 0.2) is 11.5 Å². The fraction of sp³-hybridized carbons (Fsp3) is 0.263. The number of methoxy groups -OCH3 is 3. The van der Waals surface area contributed by atoms with Crippen LogP contribution in [0.2, 0.25) is 5.02 Å². The summed E-state index contributed by atoms with van der Waals surface area (Å²) in [6.45, 7) is 0.494. The smallest absolute Gasteiger partial charge is 0.276 e. The van der Waals surface area contributed by atoms with Crippen LogP contribution in [0.15, 0.2) is 46.0 Å². The molecule has 7 nitrogen and oxygen atoms in total. The van der Waals surface area contributed by atoms with Crippen LogP contribution >= 0.6 is 23.4 Å². The molecule has 0 aliphatic carbocycles. The Morgan fingerprint density at radius 3 is 2.25 bits per heavy atom. The van der Waals surface area contributed by atoms with Gasteiger partial charge < -0.3 is 23.4 Å². The van der Waals surface area contributed by atoms with E-state index in [0.717, 1.165) is 5.75 Å². The number of thioether (sulfide) groups is 1. The summed E-state index contributed by atoms with van der Waals surface area (Å²) in [5.74, 6) is 3.30. The monoisotopic (exact) mass is 422 g/mol. The van der Waals surface area contributed by atoms with Crippen LogP contribution in [-0.2, 0) is 0 Å². The zero-order valence-electron chi connectivity index (χ0n) is 15.6. The minimum absolute atomic E-state index is 0.361. The second-order valence-electron chi connectivity index (χ2n) is 5.44. The highest BCUT2D eigenvalue weighted by Crippen LogP contribution is 2.41. The third kappa shape index (κ3) is 4.82. The molecule has 0 saturated heterocycles. The molecule has 1 heterocycles. The number of nitrogens with zero attached hydrogens (tertiary/aromatic N) is 2. The van der Waals surface area contributed by atoms with Gasteiger partial charge in [0.05, 0.1) is 27.9 Å². The first-order valence-electron chi connectivity index (χ1n) is 8.29. The van der Waals surface area contributed by atoms with E-state index in [1.165, 1.54) is 11.8 Å². The zero-order valence-corrected chi connectivity index (χ0v) is 17.2. The summed E-state index contributed by atoms with van der Waals surface area (Å²) in [5, 5.41) is 9.28. The van der Waals surface area contributed by atoms with Crippen molar-refractivity contribution in [1.29, 1.82) is 0 Å². The summed E-state index contributed by atoms with van der Waals surface area (Å²) >= 11 is 7.26. The molecule has 3 aromatic rings. The van der Waals surface area contributed by atoms with Crippen LogP contribution in [0.4, 0.5) is 0 Å². The number of rotatable bonds is 9. The largest absolute Gasteiger partial charge is 0.493 e. The van der Waals surface area contributed by atoms with Gasteiger partial charge >= 0.3 is 0 Å². The second kappa shape index (κ2) is 9.57. The van der Waals surface area contributed by atoms with Gasteiger partial charge in [0, 0.05) is 16.3 Å². The van der Waals surface area contributed by atoms with Crippen molar-refractivity contribution in [2.24, 2.45) is 0 Å². The molecule has 0 aliphatic heterocycles. The highest BCUT2D eigenvalue weighted by Gasteiger charge is 2.17. The molecule has 0 N–H and O–H groups in total. The first-order valence-corrected chi connectivity index (χ1v) is 9.66. The highest BCUT2D eigenvalue weighted by molar-refractivity contribution is 7.99. The van der Waals surface area contributed by atoms with Crippen molar-refractivity contribution in [2.45, 2.75) is 5.22 Å². The maximum Gasteiger partial charge on any atom is 0.276 e. The fourth-order valence-electron chi connectivity index (χ4n) is 2.41. The Morgan fingerprint density at radius 2 is 1.64 bits per heavy atom. The number of aromatic nitrogens is 2. The predicted octanol–water partition coefficient (Wildman–Crippen LogP) is 4.59. The highest BCUT2D eigenvalue weighted by atomic mass is 35.5. The lowest BCUT2D eigenvalue weighted by Crippen LogP contribution is -1.99. The van der Waals surface area contributed by atoms with Crippen molar-refractivity contribution in [3.05, 3.63) is 41.4 Å². The maximum absolute atomic E-state index is 5.85. The van der Waals surface area contributed by atoms with Crippen LogP contribution in [0.5, 0.6) is 23.0 Å². The lowest BCUT2D eigenvalue weighted by molar-refractivity contribution is 0.324. The average molecular weight is 423 g/mol. The van der Waals surface area contributed by atoms with E-state index in [1.54, 1.807) is 45.6 Å². The summed E-state index contributed by atoms with van der Waals surface area (Å²) < 4.78 is 27.4. The van der Waals surface area contributed by atoms with E-state index in [1.807, 2.05) is 12.1 Å². The summed E-state index contributed by atoms with van der Waals surface area (Å²) in [5.41, 5.74) is 0.672. The van der Waals surface area contributed by atoms with Crippen molar-refractivity contribution in [3.63, 3.8) is 0 Å². The first-order chi connectivity index (χ1) is 13.6. The molecule has 0 unspecified atom stereocenters. The Morgan fingerprint density at radius 1 is 0.964 bits per heavy atom. The van der Waals surface area contributed by atoms with E-state index in [4.69, 9.17) is 35.0 Å². The molecule has 148 valence electrons. The number of hydrogen-bond acceptors (Lipinski definition) is 8. The van der Waals surface area contributed by atoms with Gasteiger partial charge in [0.1, 0.15) is 5.75 Å². The molecule has 2 aromatic carbocycles. The molecule has 0 aliphatic rings. The second-order valence-corrected chi connectivity index (χ2v) is 6.92. The normalized spacial score (nSPS) is 10.6. The fourth-order valence-corrected chi connectivity index (χ4v) is 3.11. The Hall–Kier alpha value is -2.58. The molecule has 0 spiro atoms. The summed E-state index contributed by atoms with van der Waals surface area (Å²) in [6, 6.07) is 10.7. The molecule has 0 atom stereocenters. The van der Waals surface area contributed by atoms with E-state index in [9.17, 15) is 0 Å². The van der Waals surface area contributed by atoms with Crippen molar-refractivity contribution in [2.75, 3.05) is 33.7 Å². The summed E-state index contributed by atoms with van der Waals surface area (Å²) in [6.07, 6.45) is 0. The summed E-state index contributed by atoms with van der Waals surface area (Å²) in [4.78, 5) is 0. The average Bonchev–Trinajstić information content (AvgIpc) is 3.20. The Kier molecular flexibility index (Phi) is 6.89. The Labute approximate surface area is 171 Å². The van der Waals surface area contributed by atoms with Crippen LogP contribution in [0.1, 0.15) is 0 Å². The van der Waals surface area contributed by atoms with Crippen molar-refractivity contribution >= 4 is 23.4 Å². The minimum Gasteiger partial charge on any atom is -0.493 e. The van der Waals surface area contributed by atoms with Crippen molar-refractivity contribution in [1.82, 2.24) is 10.2 Å². The molecule has 9 heteroatoms. The van der Waals surface area contributed by atoms with Gasteiger partial charge in [0.2, 0.25) is 11.6 Å². The van der Waals surface area contributed by atoms with E-state index >= 15 is 0 Å². The quantitative estimate of drug-likeness (QED) is 0.366. The molecule has 1 aromatic heterocycles. The van der Waals surface area contributed by atoms with Gasteiger partial charge in [-0.3, -0.25) is 0 Å². The van der Waals surface area contributed by atoms with Crippen LogP contribution in [0, 0.1) is 0 Å². The van der Waals surface area contributed by atoms with Gasteiger partial charge in [-0.05, 0) is 36.4 Å². The van der Waals surface area contributed by atoms with Gasteiger partial charge in [-0.1, -0.05) is 23.4 Å². The van der Waals surface area contributed by atoms with Crippen LogP contribution in [0.3, 0.4) is 0 Å². The topological polar surface area (TPSA) is 75.8 Å². The Balaban J connectivity index is 1.63. The maximum atomic E-state index is 5.85. The first kappa shape index (κ1) is 20.2. The number of benzene rings is 2. The molecule has 0 fully saturated rings. The molecule has 0 amide bonds. The molecule has 0 bridgehead atoms. The van der Waals surface area contributed by atoms with Gasteiger partial charge in [-0.15, -0.1) is 10.2 Å². The van der Waals surface area contributed by atoms with Crippen molar-refractivity contribution in [3.8, 4) is 34.5 Å². The molecule has 0 radical (unpaired) electrons. The molecular weight excluding hydrogens is 404 g/mol. The van der Waals surface area contributed by atoms with E-state index in [2.05, 4.69) is 10.2 Å². The zero-order chi connectivity index (χ0) is 19.9. The molecular formula is C19H19ClN2O5S. The third-order valence-corrected chi connectivity index (χ3v) is 4.74. The molecule has 28 heavy (non-hydrogen) atoms. The van der Waals surface area contributed by atoms with Crippen LogP contribution < -0.4 is 18.9 Å². The van der Waals surface area contributed by atoms with Gasteiger partial charge in [0.25, 0.3) is 5.22 Å². The number of hydrogen-bond donors (Lipinski definition) is 0. The lowest BCUT2D eigenvalue weighted by atomic mass is 10.2. The lowest BCUT2D eigenvalue weighted by Gasteiger charge is -2.12. The number of halogens is 1. The van der Waals surface area contributed by atoms with Gasteiger partial charge in [-0.2, -0.15) is 0 Å². The minimum atomic E-state index is 0.361. The SMILES string of the molecule is COc1cc(-c2nnc(SCCOc3ccc(Cl)cc3)o2)cc(OC)c1OC. The number of ether oxygens (including phenoxy) is 4. The predicted molar refractivity (Wildman–Crippen MR) is 107 cm³/mol. The van der Waals surface area contributed by atoms with E-state index in [-0.39, 0.29) is 0 Å². The van der Waals surface area contributed by atoms with Crippen LogP contribution in [-0.4, -0.2) is 43.9 Å².